The molecule has 2 unspecified atom stereocenters. The first-order chi connectivity index (χ1) is 4.16. The molecule has 56 valence electrons. The predicted octanol–water partition coefficient (Wildman–Crippen LogP) is 1.91. The summed E-state index contributed by atoms with van der Waals surface area (Å²) in [5, 5.41) is 3.05. The molecule has 0 aliphatic heterocycles. The maximum atomic E-state index is 12.0. The molecule has 0 aromatic rings. The molecule has 0 fully saturated rings. The van der Waals surface area contributed by atoms with E-state index < -0.39 is 5.63 Å². The summed E-state index contributed by atoms with van der Waals surface area (Å²) in [6, 6.07) is 0.183. The van der Waals surface area contributed by atoms with E-state index in [4.69, 9.17) is 11.6 Å². The standard InChI is InChI=1S/C6H13ClFN/c1-3-9-5(2)4-6(7)8/h5-6,9H,3-4H2,1-2H3. The van der Waals surface area contributed by atoms with Gasteiger partial charge >= 0.3 is 0 Å². The van der Waals surface area contributed by atoms with Gasteiger partial charge < -0.3 is 5.32 Å². The highest BCUT2D eigenvalue weighted by Crippen LogP contribution is 2.05. The molecule has 0 amide bonds. The van der Waals surface area contributed by atoms with E-state index in [1.54, 1.807) is 0 Å². The summed E-state index contributed by atoms with van der Waals surface area (Å²) in [5.74, 6) is 0. The summed E-state index contributed by atoms with van der Waals surface area (Å²) < 4.78 is 12.0. The largest absolute Gasteiger partial charge is 0.314 e. The maximum absolute atomic E-state index is 12.0. The van der Waals surface area contributed by atoms with Crippen LogP contribution in [0.3, 0.4) is 0 Å². The van der Waals surface area contributed by atoms with Crippen molar-refractivity contribution in [1.82, 2.24) is 5.32 Å². The topological polar surface area (TPSA) is 12.0 Å². The molecule has 0 heterocycles. The van der Waals surface area contributed by atoms with E-state index in [0.717, 1.165) is 6.54 Å². The van der Waals surface area contributed by atoms with E-state index >= 15 is 0 Å². The quantitative estimate of drug-likeness (QED) is 0.609. The molecular formula is C6H13ClFN. The second-order valence-electron chi connectivity index (χ2n) is 2.09. The van der Waals surface area contributed by atoms with Gasteiger partial charge in [-0.2, -0.15) is 0 Å². The van der Waals surface area contributed by atoms with Gasteiger partial charge in [-0.15, -0.1) is 0 Å². The Labute approximate surface area is 60.6 Å². The summed E-state index contributed by atoms with van der Waals surface area (Å²) in [4.78, 5) is 0. The van der Waals surface area contributed by atoms with Crippen LogP contribution in [0.4, 0.5) is 4.39 Å². The SMILES string of the molecule is CCNC(C)CC(F)Cl. The Hall–Kier alpha value is 0.180. The normalized spacial score (nSPS) is 17.3. The van der Waals surface area contributed by atoms with Crippen LogP contribution >= 0.6 is 11.6 Å². The molecule has 0 bridgehead atoms. The van der Waals surface area contributed by atoms with Crippen LogP contribution in [-0.2, 0) is 0 Å². The number of alkyl halides is 2. The number of hydrogen-bond donors (Lipinski definition) is 1. The molecule has 1 N–H and O–H groups in total. The average molecular weight is 154 g/mol. The smallest absolute Gasteiger partial charge is 0.175 e. The maximum Gasteiger partial charge on any atom is 0.175 e. The molecule has 1 nitrogen and oxygen atoms in total. The number of rotatable bonds is 4. The highest BCUT2D eigenvalue weighted by Gasteiger charge is 2.05. The summed E-state index contributed by atoms with van der Waals surface area (Å²) in [6.45, 7) is 4.77. The van der Waals surface area contributed by atoms with Gasteiger partial charge in [-0.05, 0) is 13.5 Å². The second kappa shape index (κ2) is 5.00. The van der Waals surface area contributed by atoms with Crippen molar-refractivity contribution in [3.63, 3.8) is 0 Å². The van der Waals surface area contributed by atoms with Crippen LogP contribution in [0.1, 0.15) is 20.3 Å². The van der Waals surface area contributed by atoms with Gasteiger partial charge in [0, 0.05) is 12.5 Å². The summed E-state index contributed by atoms with van der Waals surface area (Å²) in [7, 11) is 0. The van der Waals surface area contributed by atoms with Crippen molar-refractivity contribution in [3.8, 4) is 0 Å². The Morgan fingerprint density at radius 1 is 1.67 bits per heavy atom. The molecule has 0 saturated carbocycles. The van der Waals surface area contributed by atoms with E-state index in [1.165, 1.54) is 0 Å². The molecule has 0 saturated heterocycles. The lowest BCUT2D eigenvalue weighted by atomic mass is 10.2. The molecule has 2 atom stereocenters. The first-order valence-corrected chi connectivity index (χ1v) is 3.62. The predicted molar refractivity (Wildman–Crippen MR) is 38.5 cm³/mol. The van der Waals surface area contributed by atoms with Crippen molar-refractivity contribution in [2.24, 2.45) is 0 Å². The van der Waals surface area contributed by atoms with Crippen molar-refractivity contribution in [1.29, 1.82) is 0 Å². The average Bonchev–Trinajstić information content (AvgIpc) is 1.63. The van der Waals surface area contributed by atoms with Crippen LogP contribution in [0, 0.1) is 0 Å². The van der Waals surface area contributed by atoms with Crippen LogP contribution in [0.2, 0.25) is 0 Å². The van der Waals surface area contributed by atoms with Crippen LogP contribution < -0.4 is 5.32 Å². The fourth-order valence-electron chi connectivity index (χ4n) is 0.699. The van der Waals surface area contributed by atoms with E-state index in [-0.39, 0.29) is 6.04 Å². The van der Waals surface area contributed by atoms with Crippen LogP contribution in [0.5, 0.6) is 0 Å². The van der Waals surface area contributed by atoms with E-state index in [1.807, 2.05) is 13.8 Å². The van der Waals surface area contributed by atoms with Gasteiger partial charge in [0.2, 0.25) is 0 Å². The highest BCUT2D eigenvalue weighted by molar-refractivity contribution is 6.19. The van der Waals surface area contributed by atoms with Crippen LogP contribution in [0.15, 0.2) is 0 Å². The lowest BCUT2D eigenvalue weighted by Crippen LogP contribution is -2.27. The monoisotopic (exact) mass is 153 g/mol. The van der Waals surface area contributed by atoms with Gasteiger partial charge in [-0.1, -0.05) is 18.5 Å². The number of halogens is 2. The molecular weight excluding hydrogens is 141 g/mol. The van der Waals surface area contributed by atoms with Crippen molar-refractivity contribution in [2.45, 2.75) is 31.9 Å². The fraction of sp³-hybridized carbons (Fsp3) is 1.00. The Morgan fingerprint density at radius 2 is 2.22 bits per heavy atom. The van der Waals surface area contributed by atoms with E-state index in [9.17, 15) is 4.39 Å². The third kappa shape index (κ3) is 6.06. The molecule has 3 heteroatoms. The Morgan fingerprint density at radius 3 is 2.56 bits per heavy atom. The minimum absolute atomic E-state index is 0.183. The van der Waals surface area contributed by atoms with Gasteiger partial charge in [0.05, 0.1) is 0 Å². The Kier molecular flexibility index (Phi) is 5.10. The Balaban J connectivity index is 3.15. The minimum Gasteiger partial charge on any atom is -0.314 e. The van der Waals surface area contributed by atoms with Crippen molar-refractivity contribution >= 4 is 11.6 Å². The molecule has 0 radical (unpaired) electrons. The van der Waals surface area contributed by atoms with Crippen molar-refractivity contribution in [3.05, 3.63) is 0 Å². The first-order valence-electron chi connectivity index (χ1n) is 3.18. The molecule has 0 aromatic heterocycles. The zero-order chi connectivity index (χ0) is 7.28. The summed E-state index contributed by atoms with van der Waals surface area (Å²) >= 11 is 5.10. The van der Waals surface area contributed by atoms with E-state index in [0.29, 0.717) is 6.42 Å². The molecule has 0 rings (SSSR count). The molecule has 9 heavy (non-hydrogen) atoms. The van der Waals surface area contributed by atoms with Gasteiger partial charge in [-0.3, -0.25) is 0 Å². The minimum atomic E-state index is -1.21. The third-order valence-electron chi connectivity index (χ3n) is 1.08. The van der Waals surface area contributed by atoms with Gasteiger partial charge in [0.15, 0.2) is 5.63 Å². The second-order valence-corrected chi connectivity index (χ2v) is 2.56. The lowest BCUT2D eigenvalue weighted by Gasteiger charge is -2.10. The highest BCUT2D eigenvalue weighted by atomic mass is 35.5. The van der Waals surface area contributed by atoms with Gasteiger partial charge in [-0.25, -0.2) is 4.39 Å². The third-order valence-corrected chi connectivity index (χ3v) is 1.26. The zero-order valence-corrected chi connectivity index (χ0v) is 6.58. The van der Waals surface area contributed by atoms with Crippen molar-refractivity contribution < 1.29 is 4.39 Å². The number of nitrogens with one attached hydrogen (secondary N) is 1. The number of hydrogen-bond acceptors (Lipinski definition) is 1. The molecule has 0 spiro atoms. The van der Waals surface area contributed by atoms with Crippen LogP contribution in [-0.4, -0.2) is 18.2 Å². The molecule has 0 aromatic carbocycles. The van der Waals surface area contributed by atoms with E-state index in [2.05, 4.69) is 5.32 Å². The summed E-state index contributed by atoms with van der Waals surface area (Å²) in [6.07, 6.45) is 0.384. The lowest BCUT2D eigenvalue weighted by molar-refractivity contribution is 0.374. The van der Waals surface area contributed by atoms with Crippen molar-refractivity contribution in [2.75, 3.05) is 6.54 Å². The van der Waals surface area contributed by atoms with Crippen LogP contribution in [0.25, 0.3) is 0 Å². The summed E-state index contributed by atoms with van der Waals surface area (Å²) in [5.41, 5.74) is -1.21. The Bertz CT molecular complexity index is 68.1. The van der Waals surface area contributed by atoms with Gasteiger partial charge in [0.25, 0.3) is 0 Å². The molecule has 0 aliphatic rings. The zero-order valence-electron chi connectivity index (χ0n) is 5.82. The fourth-order valence-corrected chi connectivity index (χ4v) is 0.966. The first kappa shape index (κ1) is 9.18. The van der Waals surface area contributed by atoms with Gasteiger partial charge in [0.1, 0.15) is 0 Å². The molecule has 0 aliphatic carbocycles.